The normalized spacial score (nSPS) is 12.8. The standard InChI is InChI=1S/C10H14Cl2N2O/c1-15-4-2-3-9(13)10-8(12)5-7(11)6-14-10/h5-6,9H,2-4,13H2,1H3. The van der Waals surface area contributed by atoms with Crippen LogP contribution in [0.2, 0.25) is 10.0 Å². The van der Waals surface area contributed by atoms with Gasteiger partial charge in [-0.25, -0.2) is 0 Å². The topological polar surface area (TPSA) is 48.1 Å². The summed E-state index contributed by atoms with van der Waals surface area (Å²) in [7, 11) is 1.67. The van der Waals surface area contributed by atoms with E-state index < -0.39 is 0 Å². The van der Waals surface area contributed by atoms with Crippen molar-refractivity contribution in [3.05, 3.63) is 28.0 Å². The lowest BCUT2D eigenvalue weighted by Crippen LogP contribution is -2.13. The number of hydrogen-bond acceptors (Lipinski definition) is 3. The van der Waals surface area contributed by atoms with E-state index in [9.17, 15) is 0 Å². The molecule has 0 saturated heterocycles. The summed E-state index contributed by atoms with van der Waals surface area (Å²) in [6.07, 6.45) is 3.24. The number of ether oxygens (including phenoxy) is 1. The molecule has 1 heterocycles. The van der Waals surface area contributed by atoms with Crippen LogP contribution in [0.25, 0.3) is 0 Å². The fraction of sp³-hybridized carbons (Fsp3) is 0.500. The lowest BCUT2D eigenvalue weighted by atomic mass is 10.1. The van der Waals surface area contributed by atoms with Crippen molar-refractivity contribution >= 4 is 23.2 Å². The second-order valence-electron chi connectivity index (χ2n) is 3.26. The molecule has 0 aromatic carbocycles. The number of methoxy groups -OCH3 is 1. The second kappa shape index (κ2) is 6.28. The molecule has 1 aromatic heterocycles. The van der Waals surface area contributed by atoms with Gasteiger partial charge < -0.3 is 10.5 Å². The summed E-state index contributed by atoms with van der Waals surface area (Å²) in [4.78, 5) is 4.13. The maximum Gasteiger partial charge on any atom is 0.0757 e. The Balaban J connectivity index is 2.61. The third-order valence-corrected chi connectivity index (χ3v) is 2.56. The summed E-state index contributed by atoms with van der Waals surface area (Å²) in [5.74, 6) is 0. The minimum absolute atomic E-state index is 0.162. The van der Waals surface area contributed by atoms with Gasteiger partial charge in [-0.3, -0.25) is 4.98 Å². The summed E-state index contributed by atoms with van der Waals surface area (Å²) in [6, 6.07) is 1.49. The van der Waals surface area contributed by atoms with Crippen molar-refractivity contribution < 1.29 is 4.74 Å². The lowest BCUT2D eigenvalue weighted by Gasteiger charge is -2.12. The predicted octanol–water partition coefficient (Wildman–Crippen LogP) is 2.81. The molecule has 1 rings (SSSR count). The SMILES string of the molecule is COCCCC(N)c1ncc(Cl)cc1Cl. The Labute approximate surface area is 99.5 Å². The molecule has 0 aliphatic heterocycles. The first kappa shape index (κ1) is 12.7. The number of nitrogens with zero attached hydrogens (tertiary/aromatic N) is 1. The van der Waals surface area contributed by atoms with Gasteiger partial charge in [0.25, 0.3) is 0 Å². The molecular formula is C10H14Cl2N2O. The van der Waals surface area contributed by atoms with Crippen LogP contribution in [0, 0.1) is 0 Å². The zero-order chi connectivity index (χ0) is 11.3. The molecule has 0 aliphatic rings. The third-order valence-electron chi connectivity index (χ3n) is 2.05. The van der Waals surface area contributed by atoms with Gasteiger partial charge in [0.15, 0.2) is 0 Å². The molecule has 1 aromatic rings. The monoisotopic (exact) mass is 248 g/mol. The van der Waals surface area contributed by atoms with E-state index in [0.717, 1.165) is 12.8 Å². The number of halogens is 2. The van der Waals surface area contributed by atoms with Crippen molar-refractivity contribution in [3.8, 4) is 0 Å². The highest BCUT2D eigenvalue weighted by molar-refractivity contribution is 6.34. The van der Waals surface area contributed by atoms with Crippen molar-refractivity contribution in [2.75, 3.05) is 13.7 Å². The Hall–Kier alpha value is -0.350. The molecule has 2 N–H and O–H groups in total. The van der Waals surface area contributed by atoms with Crippen molar-refractivity contribution in [2.45, 2.75) is 18.9 Å². The van der Waals surface area contributed by atoms with Crippen molar-refractivity contribution in [2.24, 2.45) is 5.73 Å². The maximum atomic E-state index is 5.98. The minimum Gasteiger partial charge on any atom is -0.385 e. The fourth-order valence-corrected chi connectivity index (χ4v) is 1.80. The number of nitrogens with two attached hydrogens (primary N) is 1. The highest BCUT2D eigenvalue weighted by atomic mass is 35.5. The number of hydrogen-bond donors (Lipinski definition) is 1. The van der Waals surface area contributed by atoms with Crippen LogP contribution < -0.4 is 5.73 Å². The van der Waals surface area contributed by atoms with E-state index in [1.54, 1.807) is 19.4 Å². The molecule has 5 heteroatoms. The highest BCUT2D eigenvalue weighted by Crippen LogP contribution is 2.24. The Morgan fingerprint density at radius 2 is 2.27 bits per heavy atom. The number of rotatable bonds is 5. The summed E-state index contributed by atoms with van der Waals surface area (Å²) < 4.78 is 4.95. The molecule has 15 heavy (non-hydrogen) atoms. The molecule has 84 valence electrons. The minimum atomic E-state index is -0.162. The molecular weight excluding hydrogens is 235 g/mol. The average molecular weight is 249 g/mol. The van der Waals surface area contributed by atoms with Crippen LogP contribution in [-0.4, -0.2) is 18.7 Å². The van der Waals surface area contributed by atoms with Crippen LogP contribution in [-0.2, 0) is 4.74 Å². The van der Waals surface area contributed by atoms with E-state index in [1.807, 2.05) is 0 Å². The fourth-order valence-electron chi connectivity index (χ4n) is 1.28. The van der Waals surface area contributed by atoms with Gasteiger partial charge >= 0.3 is 0 Å². The van der Waals surface area contributed by atoms with E-state index in [4.69, 9.17) is 33.7 Å². The molecule has 0 bridgehead atoms. The molecule has 1 atom stereocenters. The molecule has 0 spiro atoms. The summed E-state index contributed by atoms with van der Waals surface area (Å²) in [5.41, 5.74) is 6.63. The largest absolute Gasteiger partial charge is 0.385 e. The molecule has 0 amide bonds. The lowest BCUT2D eigenvalue weighted by molar-refractivity contribution is 0.190. The zero-order valence-electron chi connectivity index (χ0n) is 8.54. The quantitative estimate of drug-likeness (QED) is 0.816. The van der Waals surface area contributed by atoms with Crippen molar-refractivity contribution in [1.29, 1.82) is 0 Å². The van der Waals surface area contributed by atoms with Crippen molar-refractivity contribution in [1.82, 2.24) is 4.98 Å². The van der Waals surface area contributed by atoms with E-state index in [2.05, 4.69) is 4.98 Å². The Kier molecular flexibility index (Phi) is 5.32. The van der Waals surface area contributed by atoms with Gasteiger partial charge in [-0.2, -0.15) is 0 Å². The first-order valence-corrected chi connectivity index (χ1v) is 5.46. The van der Waals surface area contributed by atoms with Gasteiger partial charge in [0, 0.05) is 26.0 Å². The molecule has 0 fully saturated rings. The molecule has 3 nitrogen and oxygen atoms in total. The van der Waals surface area contributed by atoms with E-state index in [-0.39, 0.29) is 6.04 Å². The highest BCUT2D eigenvalue weighted by Gasteiger charge is 2.11. The summed E-state index contributed by atoms with van der Waals surface area (Å²) in [6.45, 7) is 0.693. The predicted molar refractivity (Wildman–Crippen MR) is 62.3 cm³/mol. The van der Waals surface area contributed by atoms with Crippen LogP contribution in [0.5, 0.6) is 0 Å². The maximum absolute atomic E-state index is 5.98. The molecule has 0 radical (unpaired) electrons. The van der Waals surface area contributed by atoms with Crippen LogP contribution in [0.1, 0.15) is 24.6 Å². The van der Waals surface area contributed by atoms with Crippen LogP contribution >= 0.6 is 23.2 Å². The molecule has 1 unspecified atom stereocenters. The van der Waals surface area contributed by atoms with Crippen LogP contribution in [0.3, 0.4) is 0 Å². The van der Waals surface area contributed by atoms with E-state index >= 15 is 0 Å². The van der Waals surface area contributed by atoms with Crippen molar-refractivity contribution in [3.63, 3.8) is 0 Å². The number of aromatic nitrogens is 1. The van der Waals surface area contributed by atoms with Crippen LogP contribution in [0.4, 0.5) is 0 Å². The first-order chi connectivity index (χ1) is 7.15. The summed E-state index contributed by atoms with van der Waals surface area (Å²) in [5, 5.41) is 1.04. The van der Waals surface area contributed by atoms with Gasteiger partial charge in [-0.05, 0) is 18.9 Å². The number of pyridine rings is 1. The van der Waals surface area contributed by atoms with Gasteiger partial charge in [0.05, 0.1) is 15.7 Å². The Morgan fingerprint density at radius 1 is 1.53 bits per heavy atom. The Morgan fingerprint density at radius 3 is 2.87 bits per heavy atom. The summed E-state index contributed by atoms with van der Waals surface area (Å²) >= 11 is 11.7. The average Bonchev–Trinajstić information content (AvgIpc) is 2.17. The van der Waals surface area contributed by atoms with Gasteiger partial charge in [0.1, 0.15) is 0 Å². The second-order valence-corrected chi connectivity index (χ2v) is 4.11. The Bertz CT molecular complexity index is 320. The molecule has 0 aliphatic carbocycles. The van der Waals surface area contributed by atoms with E-state index in [1.165, 1.54) is 0 Å². The van der Waals surface area contributed by atoms with E-state index in [0.29, 0.717) is 22.3 Å². The first-order valence-electron chi connectivity index (χ1n) is 4.70. The molecule has 0 saturated carbocycles. The van der Waals surface area contributed by atoms with Gasteiger partial charge in [-0.15, -0.1) is 0 Å². The van der Waals surface area contributed by atoms with Crippen LogP contribution in [0.15, 0.2) is 12.3 Å². The van der Waals surface area contributed by atoms with Gasteiger partial charge in [0.2, 0.25) is 0 Å². The smallest absolute Gasteiger partial charge is 0.0757 e. The zero-order valence-corrected chi connectivity index (χ0v) is 10.1. The third kappa shape index (κ3) is 3.95. The van der Waals surface area contributed by atoms with Gasteiger partial charge in [-0.1, -0.05) is 23.2 Å².